The number of carbonyl (C=O) groups excluding carboxylic acids is 3. The number of nitrogens with zero attached hydrogens (tertiary/aromatic N) is 2. The van der Waals surface area contributed by atoms with Gasteiger partial charge in [-0.2, -0.15) is 0 Å². The standard InChI is InChI=1S/C14H13N3O3S/c18-9(16-14-15-3-4-21-14)6-17-12(19)10-7-1-2-8(5-7)11(10)13(17)20/h1-4,7-8,10-11H,5-6H2,(H,15,16,18)/t7-,8-,10?,11?/m0/s1. The lowest BCUT2D eigenvalue weighted by Crippen LogP contribution is -2.39. The Balaban J connectivity index is 1.48. The largest absolute Gasteiger partial charge is 0.300 e. The molecular weight excluding hydrogens is 290 g/mol. The molecule has 4 atom stereocenters. The number of imide groups is 1. The number of allylic oxidation sites excluding steroid dienone is 2. The SMILES string of the molecule is O=C(CN1C(=O)C2C(C1=O)[C@H]1C=C[C@H]2C1)Nc1nccs1. The minimum Gasteiger partial charge on any atom is -0.300 e. The molecule has 2 aliphatic carbocycles. The van der Waals surface area contributed by atoms with Gasteiger partial charge in [-0.05, 0) is 18.3 Å². The Labute approximate surface area is 124 Å². The zero-order valence-electron chi connectivity index (χ0n) is 11.1. The molecule has 1 saturated heterocycles. The number of anilines is 1. The normalized spacial score (nSPS) is 32.9. The molecule has 1 aliphatic heterocycles. The van der Waals surface area contributed by atoms with E-state index in [9.17, 15) is 14.4 Å². The first-order chi connectivity index (χ1) is 10.1. The highest BCUT2D eigenvalue weighted by molar-refractivity contribution is 7.13. The van der Waals surface area contributed by atoms with E-state index in [1.807, 2.05) is 12.2 Å². The van der Waals surface area contributed by atoms with Crippen molar-refractivity contribution < 1.29 is 14.4 Å². The molecule has 2 fully saturated rings. The van der Waals surface area contributed by atoms with Gasteiger partial charge in [-0.25, -0.2) is 4.98 Å². The molecule has 2 unspecified atom stereocenters. The van der Waals surface area contributed by atoms with Gasteiger partial charge in [-0.3, -0.25) is 19.3 Å². The number of hydrogen-bond donors (Lipinski definition) is 1. The van der Waals surface area contributed by atoms with Crippen LogP contribution in [0.5, 0.6) is 0 Å². The number of carbonyl (C=O) groups is 3. The molecule has 2 heterocycles. The maximum absolute atomic E-state index is 12.4. The average Bonchev–Trinajstić information content (AvgIpc) is 3.20. The van der Waals surface area contributed by atoms with Crippen LogP contribution >= 0.6 is 11.3 Å². The number of likely N-dealkylation sites (tertiary alicyclic amines) is 1. The van der Waals surface area contributed by atoms with E-state index >= 15 is 0 Å². The molecule has 3 amide bonds. The van der Waals surface area contributed by atoms with Crippen molar-refractivity contribution in [3.05, 3.63) is 23.7 Å². The molecule has 6 nitrogen and oxygen atoms in total. The van der Waals surface area contributed by atoms with Gasteiger partial charge in [0.25, 0.3) is 0 Å². The predicted molar refractivity (Wildman–Crippen MR) is 75.2 cm³/mol. The van der Waals surface area contributed by atoms with Crippen molar-refractivity contribution >= 4 is 34.2 Å². The van der Waals surface area contributed by atoms with Gasteiger partial charge in [0.1, 0.15) is 6.54 Å². The van der Waals surface area contributed by atoms with Crippen LogP contribution in [-0.2, 0) is 14.4 Å². The van der Waals surface area contributed by atoms with E-state index in [0.29, 0.717) is 5.13 Å². The molecule has 2 bridgehead atoms. The van der Waals surface area contributed by atoms with Gasteiger partial charge < -0.3 is 5.32 Å². The van der Waals surface area contributed by atoms with E-state index in [4.69, 9.17) is 0 Å². The van der Waals surface area contributed by atoms with Crippen LogP contribution in [-0.4, -0.2) is 34.2 Å². The van der Waals surface area contributed by atoms with Gasteiger partial charge in [0.05, 0.1) is 11.8 Å². The highest BCUT2D eigenvalue weighted by atomic mass is 32.1. The minimum absolute atomic E-state index is 0.170. The highest BCUT2D eigenvalue weighted by Gasteiger charge is 2.59. The average molecular weight is 303 g/mol. The maximum atomic E-state index is 12.4. The molecule has 1 aromatic heterocycles. The number of thiazole rings is 1. The van der Waals surface area contributed by atoms with E-state index in [1.54, 1.807) is 11.6 Å². The molecule has 108 valence electrons. The van der Waals surface area contributed by atoms with Crippen molar-refractivity contribution in [3.8, 4) is 0 Å². The first-order valence-corrected chi connectivity index (χ1v) is 7.76. The Kier molecular flexibility index (Phi) is 2.72. The highest BCUT2D eigenvalue weighted by Crippen LogP contribution is 2.52. The van der Waals surface area contributed by atoms with Crippen LogP contribution < -0.4 is 5.32 Å². The molecule has 7 heteroatoms. The first-order valence-electron chi connectivity index (χ1n) is 6.88. The van der Waals surface area contributed by atoms with Crippen molar-refractivity contribution in [2.24, 2.45) is 23.7 Å². The number of hydrogen-bond acceptors (Lipinski definition) is 5. The van der Waals surface area contributed by atoms with Crippen LogP contribution in [0.15, 0.2) is 23.7 Å². The number of fused-ring (bicyclic) bond motifs is 5. The summed E-state index contributed by atoms with van der Waals surface area (Å²) in [4.78, 5) is 41.8. The van der Waals surface area contributed by atoms with Crippen LogP contribution in [0.25, 0.3) is 0 Å². The zero-order chi connectivity index (χ0) is 14.6. The predicted octanol–water partition coefficient (Wildman–Crippen LogP) is 0.889. The van der Waals surface area contributed by atoms with Crippen molar-refractivity contribution in [3.63, 3.8) is 0 Å². The van der Waals surface area contributed by atoms with Crippen LogP contribution in [0.2, 0.25) is 0 Å². The summed E-state index contributed by atoms with van der Waals surface area (Å²) < 4.78 is 0. The second kappa shape index (κ2) is 4.49. The lowest BCUT2D eigenvalue weighted by atomic mass is 9.85. The molecule has 1 N–H and O–H groups in total. The van der Waals surface area contributed by atoms with Crippen LogP contribution in [0.3, 0.4) is 0 Å². The van der Waals surface area contributed by atoms with Gasteiger partial charge in [0, 0.05) is 11.6 Å². The summed E-state index contributed by atoms with van der Waals surface area (Å²) in [6.07, 6.45) is 6.55. The molecule has 0 aromatic carbocycles. The number of amides is 3. The summed E-state index contributed by atoms with van der Waals surface area (Å²) in [5.74, 6) is -0.938. The Morgan fingerprint density at radius 3 is 2.52 bits per heavy atom. The second-order valence-electron chi connectivity index (χ2n) is 5.65. The van der Waals surface area contributed by atoms with E-state index in [-0.39, 0.29) is 47.9 Å². The lowest BCUT2D eigenvalue weighted by molar-refractivity contribution is -0.143. The third-order valence-electron chi connectivity index (χ3n) is 4.54. The Bertz CT molecular complexity index is 624. The molecule has 3 aliphatic rings. The quantitative estimate of drug-likeness (QED) is 0.664. The van der Waals surface area contributed by atoms with Gasteiger partial charge in [-0.15, -0.1) is 11.3 Å². The van der Waals surface area contributed by atoms with Crippen molar-refractivity contribution in [1.82, 2.24) is 9.88 Å². The van der Waals surface area contributed by atoms with Crippen molar-refractivity contribution in [2.45, 2.75) is 6.42 Å². The van der Waals surface area contributed by atoms with E-state index in [2.05, 4.69) is 10.3 Å². The molecule has 0 radical (unpaired) electrons. The van der Waals surface area contributed by atoms with Crippen molar-refractivity contribution in [2.75, 3.05) is 11.9 Å². The first kappa shape index (κ1) is 12.7. The van der Waals surface area contributed by atoms with Crippen LogP contribution in [0, 0.1) is 23.7 Å². The Morgan fingerprint density at radius 2 is 1.95 bits per heavy atom. The molecule has 0 spiro atoms. The fraction of sp³-hybridized carbons (Fsp3) is 0.429. The monoisotopic (exact) mass is 303 g/mol. The molecule has 21 heavy (non-hydrogen) atoms. The van der Waals surface area contributed by atoms with E-state index in [1.165, 1.54) is 11.3 Å². The zero-order valence-corrected chi connectivity index (χ0v) is 11.9. The lowest BCUT2D eigenvalue weighted by Gasteiger charge is -2.16. The van der Waals surface area contributed by atoms with E-state index in [0.717, 1.165) is 11.3 Å². The van der Waals surface area contributed by atoms with Gasteiger partial charge in [-0.1, -0.05) is 12.2 Å². The smallest absolute Gasteiger partial charge is 0.246 e. The Morgan fingerprint density at radius 1 is 1.29 bits per heavy atom. The van der Waals surface area contributed by atoms with Crippen molar-refractivity contribution in [1.29, 1.82) is 0 Å². The number of nitrogens with one attached hydrogen (secondary N) is 1. The fourth-order valence-corrected chi connectivity index (χ4v) is 4.25. The van der Waals surface area contributed by atoms with E-state index < -0.39 is 0 Å². The topological polar surface area (TPSA) is 79.4 Å². The summed E-state index contributed by atoms with van der Waals surface area (Å²) in [6.45, 7) is -0.219. The van der Waals surface area contributed by atoms with Gasteiger partial charge in [0.15, 0.2) is 5.13 Å². The summed E-state index contributed by atoms with van der Waals surface area (Å²) in [5, 5.41) is 4.82. The third kappa shape index (κ3) is 1.84. The summed E-state index contributed by atoms with van der Waals surface area (Å²) in [7, 11) is 0. The minimum atomic E-state index is -0.382. The summed E-state index contributed by atoms with van der Waals surface area (Å²) in [5.41, 5.74) is 0. The molecule has 4 rings (SSSR count). The van der Waals surface area contributed by atoms with Crippen LogP contribution in [0.4, 0.5) is 5.13 Å². The van der Waals surface area contributed by atoms with Gasteiger partial charge >= 0.3 is 0 Å². The Hall–Kier alpha value is -2.02. The third-order valence-corrected chi connectivity index (χ3v) is 5.23. The molecule has 1 saturated carbocycles. The summed E-state index contributed by atoms with van der Waals surface area (Å²) >= 11 is 1.30. The fourth-order valence-electron chi connectivity index (χ4n) is 3.71. The number of aromatic nitrogens is 1. The molecular formula is C14H13N3O3S. The number of rotatable bonds is 3. The van der Waals surface area contributed by atoms with Crippen LogP contribution in [0.1, 0.15) is 6.42 Å². The van der Waals surface area contributed by atoms with Gasteiger partial charge in [0.2, 0.25) is 17.7 Å². The molecule has 1 aromatic rings. The second-order valence-corrected chi connectivity index (χ2v) is 6.54. The summed E-state index contributed by atoms with van der Waals surface area (Å²) in [6, 6.07) is 0. The maximum Gasteiger partial charge on any atom is 0.246 e.